The van der Waals surface area contributed by atoms with E-state index in [2.05, 4.69) is 20.2 Å². The van der Waals surface area contributed by atoms with Crippen LogP contribution in [0.25, 0.3) is 0 Å². The van der Waals surface area contributed by atoms with Gasteiger partial charge in [0, 0.05) is 45.6 Å². The Labute approximate surface area is 176 Å². The predicted octanol–water partition coefficient (Wildman–Crippen LogP) is 2.04. The van der Waals surface area contributed by atoms with Crippen LogP contribution in [0.3, 0.4) is 0 Å². The van der Waals surface area contributed by atoms with Crippen molar-refractivity contribution in [3.05, 3.63) is 42.0 Å². The normalized spacial score (nSPS) is 12.0. The number of thiophene rings is 1. The van der Waals surface area contributed by atoms with Crippen molar-refractivity contribution in [1.82, 2.24) is 19.5 Å². The lowest BCUT2D eigenvalue weighted by Gasteiger charge is -2.16. The molecule has 0 aliphatic heterocycles. The molecule has 0 bridgehead atoms. The van der Waals surface area contributed by atoms with E-state index in [-0.39, 0.29) is 24.0 Å². The minimum absolute atomic E-state index is 0. The zero-order chi connectivity index (χ0) is 18.1. The maximum atomic E-state index is 12.4. The van der Waals surface area contributed by atoms with Crippen LogP contribution < -0.4 is 10.6 Å². The standard InChI is InChI=1S/C16H25N5O2S2.HI/c1-3-17-16(19-9-13-21-10-4-5-11-21)18-8-12-20(2)25(22,23)15-7-6-14-24-15;/h4-7,10-11,14H,3,8-9,12-13H2,1-2H3,(H2,17,18,19);1H. The van der Waals surface area contributed by atoms with Crippen LogP contribution in [0, 0.1) is 0 Å². The number of aromatic nitrogens is 1. The first kappa shape index (κ1) is 22.9. The van der Waals surface area contributed by atoms with Gasteiger partial charge in [-0.3, -0.25) is 4.99 Å². The molecular weight excluding hydrogens is 485 g/mol. The summed E-state index contributed by atoms with van der Waals surface area (Å²) in [5.74, 6) is 0.691. The highest BCUT2D eigenvalue weighted by Crippen LogP contribution is 2.19. The molecule has 2 N–H and O–H groups in total. The summed E-state index contributed by atoms with van der Waals surface area (Å²) in [5.41, 5.74) is 0. The molecule has 10 heteroatoms. The third-order valence-electron chi connectivity index (χ3n) is 3.52. The molecule has 0 atom stereocenters. The minimum atomic E-state index is -3.41. The third kappa shape index (κ3) is 6.89. The van der Waals surface area contributed by atoms with Gasteiger partial charge in [-0.25, -0.2) is 8.42 Å². The van der Waals surface area contributed by atoms with Gasteiger partial charge < -0.3 is 15.2 Å². The van der Waals surface area contributed by atoms with Crippen LogP contribution in [-0.2, 0) is 16.6 Å². The molecule has 0 fully saturated rings. The van der Waals surface area contributed by atoms with Gasteiger partial charge in [-0.05, 0) is 30.5 Å². The molecule has 26 heavy (non-hydrogen) atoms. The zero-order valence-electron chi connectivity index (χ0n) is 15.0. The summed E-state index contributed by atoms with van der Waals surface area (Å²) in [7, 11) is -1.83. The van der Waals surface area contributed by atoms with E-state index >= 15 is 0 Å². The van der Waals surface area contributed by atoms with E-state index in [4.69, 9.17) is 0 Å². The molecule has 0 aromatic carbocycles. The summed E-state index contributed by atoms with van der Waals surface area (Å²) in [4.78, 5) is 4.45. The average Bonchev–Trinajstić information content (AvgIpc) is 3.28. The molecule has 2 rings (SSSR count). The quantitative estimate of drug-likeness (QED) is 0.307. The van der Waals surface area contributed by atoms with Crippen LogP contribution in [0.1, 0.15) is 6.92 Å². The fraction of sp³-hybridized carbons (Fsp3) is 0.438. The van der Waals surface area contributed by atoms with Crippen molar-refractivity contribution < 1.29 is 8.42 Å². The Morgan fingerprint density at radius 2 is 2.00 bits per heavy atom. The number of nitrogens with one attached hydrogen (secondary N) is 2. The molecule has 0 saturated carbocycles. The Bertz CT molecular complexity index is 746. The van der Waals surface area contributed by atoms with Gasteiger partial charge >= 0.3 is 0 Å². The molecule has 2 heterocycles. The second-order valence-electron chi connectivity index (χ2n) is 5.37. The fourth-order valence-electron chi connectivity index (χ4n) is 2.15. The number of halogens is 1. The number of guanidine groups is 1. The van der Waals surface area contributed by atoms with Gasteiger partial charge in [-0.15, -0.1) is 35.3 Å². The number of likely N-dealkylation sites (N-methyl/N-ethyl adjacent to an activating group) is 1. The smallest absolute Gasteiger partial charge is 0.252 e. The van der Waals surface area contributed by atoms with Crippen molar-refractivity contribution in [3.63, 3.8) is 0 Å². The molecule has 0 aliphatic rings. The summed E-state index contributed by atoms with van der Waals surface area (Å²) in [6.45, 7) is 5.04. The fourth-order valence-corrected chi connectivity index (χ4v) is 4.51. The summed E-state index contributed by atoms with van der Waals surface area (Å²) >= 11 is 1.22. The van der Waals surface area contributed by atoms with Crippen molar-refractivity contribution in [2.24, 2.45) is 4.99 Å². The maximum absolute atomic E-state index is 12.4. The van der Waals surface area contributed by atoms with Gasteiger partial charge in [-0.2, -0.15) is 4.31 Å². The number of rotatable bonds is 9. The van der Waals surface area contributed by atoms with E-state index in [1.165, 1.54) is 15.6 Å². The van der Waals surface area contributed by atoms with Crippen LogP contribution in [0.5, 0.6) is 0 Å². The SMILES string of the molecule is CCNC(=NCCN(C)S(=O)(=O)c1cccs1)NCCn1cccc1.I. The Balaban J connectivity index is 0.00000338. The van der Waals surface area contributed by atoms with Gasteiger partial charge in [0.2, 0.25) is 0 Å². The molecule has 0 spiro atoms. The number of hydrogen-bond donors (Lipinski definition) is 2. The van der Waals surface area contributed by atoms with Crippen LogP contribution >= 0.6 is 35.3 Å². The summed E-state index contributed by atoms with van der Waals surface area (Å²) < 4.78 is 28.5. The Morgan fingerprint density at radius 1 is 1.27 bits per heavy atom. The first-order valence-corrected chi connectivity index (χ1v) is 10.5. The van der Waals surface area contributed by atoms with Crippen molar-refractivity contribution in [3.8, 4) is 0 Å². The number of sulfonamides is 1. The van der Waals surface area contributed by atoms with Crippen molar-refractivity contribution in [2.45, 2.75) is 17.7 Å². The van der Waals surface area contributed by atoms with Crippen LogP contribution in [-0.4, -0.2) is 56.5 Å². The first-order chi connectivity index (χ1) is 12.0. The van der Waals surface area contributed by atoms with Crippen molar-refractivity contribution in [2.75, 3.05) is 33.2 Å². The second-order valence-corrected chi connectivity index (χ2v) is 8.59. The van der Waals surface area contributed by atoms with E-state index in [9.17, 15) is 8.42 Å². The molecule has 2 aromatic heterocycles. The van der Waals surface area contributed by atoms with Gasteiger partial charge in [-0.1, -0.05) is 6.07 Å². The van der Waals surface area contributed by atoms with E-state index < -0.39 is 10.0 Å². The van der Waals surface area contributed by atoms with E-state index in [0.717, 1.165) is 19.6 Å². The monoisotopic (exact) mass is 511 g/mol. The largest absolute Gasteiger partial charge is 0.357 e. The molecule has 0 aliphatic carbocycles. The average molecular weight is 511 g/mol. The first-order valence-electron chi connectivity index (χ1n) is 8.17. The minimum Gasteiger partial charge on any atom is -0.357 e. The van der Waals surface area contributed by atoms with E-state index in [0.29, 0.717) is 23.3 Å². The second kappa shape index (κ2) is 11.6. The van der Waals surface area contributed by atoms with E-state index in [1.807, 2.05) is 31.5 Å². The third-order valence-corrected chi connectivity index (χ3v) is 6.75. The highest BCUT2D eigenvalue weighted by atomic mass is 127. The van der Waals surface area contributed by atoms with Gasteiger partial charge in [0.25, 0.3) is 10.0 Å². The highest BCUT2D eigenvalue weighted by molar-refractivity contribution is 14.0. The lowest BCUT2D eigenvalue weighted by atomic mass is 10.5. The summed E-state index contributed by atoms with van der Waals surface area (Å²) in [6, 6.07) is 7.33. The molecule has 0 saturated heterocycles. The number of aliphatic imine (C=N–C) groups is 1. The van der Waals surface area contributed by atoms with Gasteiger partial charge in [0.15, 0.2) is 5.96 Å². The molecule has 0 unspecified atom stereocenters. The summed E-state index contributed by atoms with van der Waals surface area (Å²) in [6.07, 6.45) is 4.02. The Kier molecular flexibility index (Phi) is 10.2. The van der Waals surface area contributed by atoms with Crippen LogP contribution in [0.2, 0.25) is 0 Å². The summed E-state index contributed by atoms with van der Waals surface area (Å²) in [5, 5.41) is 8.18. The predicted molar refractivity (Wildman–Crippen MR) is 118 cm³/mol. The molecule has 0 radical (unpaired) electrons. The Morgan fingerprint density at radius 3 is 2.62 bits per heavy atom. The van der Waals surface area contributed by atoms with Crippen LogP contribution in [0.4, 0.5) is 0 Å². The molecule has 0 amide bonds. The zero-order valence-corrected chi connectivity index (χ0v) is 18.9. The van der Waals surface area contributed by atoms with E-state index in [1.54, 1.807) is 24.6 Å². The lowest BCUT2D eigenvalue weighted by Crippen LogP contribution is -2.39. The number of hydrogen-bond acceptors (Lipinski definition) is 4. The molecule has 7 nitrogen and oxygen atoms in total. The number of nitrogens with zero attached hydrogens (tertiary/aromatic N) is 3. The highest BCUT2D eigenvalue weighted by Gasteiger charge is 2.20. The Hall–Kier alpha value is -1.11. The van der Waals surface area contributed by atoms with Gasteiger partial charge in [0.05, 0.1) is 6.54 Å². The maximum Gasteiger partial charge on any atom is 0.252 e. The lowest BCUT2D eigenvalue weighted by molar-refractivity contribution is 0.478. The topological polar surface area (TPSA) is 78.7 Å². The van der Waals surface area contributed by atoms with Crippen LogP contribution in [0.15, 0.2) is 51.2 Å². The molecule has 2 aromatic rings. The molecule has 146 valence electrons. The van der Waals surface area contributed by atoms with Crippen molar-refractivity contribution >= 4 is 51.3 Å². The van der Waals surface area contributed by atoms with Gasteiger partial charge in [0.1, 0.15) is 4.21 Å². The van der Waals surface area contributed by atoms with Crippen molar-refractivity contribution in [1.29, 1.82) is 0 Å². The molecular formula is C16H26IN5O2S2.